The lowest BCUT2D eigenvalue weighted by atomic mass is 9.94. The highest BCUT2D eigenvalue weighted by Crippen LogP contribution is 2.40. The largest absolute Gasteiger partial charge is 0.240 e. The van der Waals surface area contributed by atoms with Crippen LogP contribution in [0.3, 0.4) is 0 Å². The molecule has 2 aliphatic rings. The van der Waals surface area contributed by atoms with Gasteiger partial charge in [0.1, 0.15) is 0 Å². The third-order valence-corrected chi connectivity index (χ3v) is 7.15. The topological polar surface area (TPSA) is 46.2 Å². The van der Waals surface area contributed by atoms with Gasteiger partial charge in [0.05, 0.1) is 4.90 Å². The van der Waals surface area contributed by atoms with Crippen molar-refractivity contribution in [2.45, 2.75) is 36.6 Å². The molecule has 1 unspecified atom stereocenters. The first-order valence-corrected chi connectivity index (χ1v) is 10.2. The average molecular weight is 362 g/mol. The van der Waals surface area contributed by atoms with Crippen LogP contribution in [-0.2, 0) is 22.9 Å². The Bertz CT molecular complexity index is 815. The molecule has 2 aromatic carbocycles. The fourth-order valence-electron chi connectivity index (χ4n) is 4.20. The maximum Gasteiger partial charge on any atom is 0.240 e. The molecule has 0 radical (unpaired) electrons. The van der Waals surface area contributed by atoms with Gasteiger partial charge in [0, 0.05) is 11.1 Å². The summed E-state index contributed by atoms with van der Waals surface area (Å²) in [7, 11) is -3.51. The van der Waals surface area contributed by atoms with Gasteiger partial charge in [-0.2, -0.15) is 0 Å². The van der Waals surface area contributed by atoms with Crippen molar-refractivity contribution in [2.75, 3.05) is 0 Å². The Balaban J connectivity index is 1.60. The molecule has 2 aromatic rings. The van der Waals surface area contributed by atoms with E-state index in [2.05, 4.69) is 29.0 Å². The van der Waals surface area contributed by atoms with E-state index in [9.17, 15) is 8.42 Å². The smallest absolute Gasteiger partial charge is 0.207 e. The summed E-state index contributed by atoms with van der Waals surface area (Å²) in [5, 5.41) is 0.541. The van der Waals surface area contributed by atoms with E-state index >= 15 is 0 Å². The van der Waals surface area contributed by atoms with Crippen molar-refractivity contribution in [1.82, 2.24) is 4.72 Å². The van der Waals surface area contributed by atoms with Crippen LogP contribution in [0.5, 0.6) is 0 Å². The number of hydrogen-bond acceptors (Lipinski definition) is 2. The minimum Gasteiger partial charge on any atom is -0.207 e. The molecule has 0 heterocycles. The molecule has 0 amide bonds. The Morgan fingerprint density at radius 3 is 1.96 bits per heavy atom. The molecule has 1 saturated carbocycles. The summed E-state index contributed by atoms with van der Waals surface area (Å²) < 4.78 is 28.5. The van der Waals surface area contributed by atoms with Gasteiger partial charge in [0.15, 0.2) is 0 Å². The van der Waals surface area contributed by atoms with Gasteiger partial charge in [0.25, 0.3) is 0 Å². The highest BCUT2D eigenvalue weighted by Gasteiger charge is 2.41. The maximum absolute atomic E-state index is 12.8. The van der Waals surface area contributed by atoms with Gasteiger partial charge in [-0.05, 0) is 72.9 Å². The van der Waals surface area contributed by atoms with Crippen LogP contribution >= 0.6 is 11.6 Å². The Morgan fingerprint density at radius 1 is 0.875 bits per heavy atom. The molecule has 3 nitrogen and oxygen atoms in total. The number of halogens is 1. The van der Waals surface area contributed by atoms with Crippen molar-refractivity contribution in [3.8, 4) is 0 Å². The summed E-state index contributed by atoms with van der Waals surface area (Å²) in [5.74, 6) is 0.751. The molecule has 0 spiro atoms. The van der Waals surface area contributed by atoms with Crippen molar-refractivity contribution in [1.29, 1.82) is 0 Å². The van der Waals surface area contributed by atoms with E-state index in [-0.39, 0.29) is 10.9 Å². The van der Waals surface area contributed by atoms with Crippen molar-refractivity contribution in [3.05, 3.63) is 64.7 Å². The van der Waals surface area contributed by atoms with Gasteiger partial charge in [-0.3, -0.25) is 0 Å². The van der Waals surface area contributed by atoms with Gasteiger partial charge in [-0.15, -0.1) is 0 Å². The molecule has 24 heavy (non-hydrogen) atoms. The van der Waals surface area contributed by atoms with Crippen LogP contribution in [0.4, 0.5) is 0 Å². The van der Waals surface area contributed by atoms with Gasteiger partial charge in [0.2, 0.25) is 10.0 Å². The Labute approximate surface area is 148 Å². The fraction of sp³-hybridized carbons (Fsp3) is 0.368. The Morgan fingerprint density at radius 2 is 1.42 bits per heavy atom. The molecule has 0 saturated heterocycles. The summed E-state index contributed by atoms with van der Waals surface area (Å²) in [6.45, 7) is 0. The van der Waals surface area contributed by atoms with Gasteiger partial charge >= 0.3 is 0 Å². The van der Waals surface area contributed by atoms with E-state index in [0.29, 0.717) is 16.9 Å². The predicted molar refractivity (Wildman–Crippen MR) is 95.6 cm³/mol. The quantitative estimate of drug-likeness (QED) is 0.903. The molecule has 5 heteroatoms. The zero-order valence-corrected chi connectivity index (χ0v) is 14.9. The fourth-order valence-corrected chi connectivity index (χ4v) is 5.70. The molecule has 1 N–H and O–H groups in total. The summed E-state index contributed by atoms with van der Waals surface area (Å²) in [6.07, 6.45) is 4.10. The second-order valence-corrected chi connectivity index (χ2v) is 9.03. The van der Waals surface area contributed by atoms with Crippen molar-refractivity contribution >= 4 is 21.6 Å². The molecule has 0 aliphatic heterocycles. The third kappa shape index (κ3) is 2.99. The molecule has 4 rings (SSSR count). The highest BCUT2D eigenvalue weighted by molar-refractivity contribution is 7.89. The summed E-state index contributed by atoms with van der Waals surface area (Å²) in [4.78, 5) is 0.285. The van der Waals surface area contributed by atoms with Crippen LogP contribution in [0, 0.1) is 11.8 Å². The number of hydrogen-bond donors (Lipinski definition) is 1. The second-order valence-electron chi connectivity index (χ2n) is 6.88. The molecule has 0 aromatic heterocycles. The summed E-state index contributed by atoms with van der Waals surface area (Å²) >= 11 is 5.87. The van der Waals surface area contributed by atoms with Gasteiger partial charge in [-0.25, -0.2) is 13.1 Å². The van der Waals surface area contributed by atoms with E-state index in [1.54, 1.807) is 24.3 Å². The van der Waals surface area contributed by atoms with Crippen molar-refractivity contribution in [2.24, 2.45) is 11.8 Å². The number of benzene rings is 2. The molecule has 3 atom stereocenters. The van der Waals surface area contributed by atoms with Crippen molar-refractivity contribution < 1.29 is 8.42 Å². The molecular weight excluding hydrogens is 342 g/mol. The molecule has 126 valence electrons. The standard InChI is InChI=1S/C19H20ClNO2S/c20-17-7-9-18(10-8-17)24(22,23)21-19-15-5-6-16(19)12-14-4-2-1-3-13(14)11-15/h1-4,7-10,15-16,19,21H,5-6,11-12H2/t15-,16+,19?. The van der Waals surface area contributed by atoms with E-state index in [1.807, 2.05) is 0 Å². The van der Waals surface area contributed by atoms with E-state index in [1.165, 1.54) is 11.1 Å². The number of fused-ring (bicyclic) bond motifs is 3. The molecular formula is C19H20ClNO2S. The number of sulfonamides is 1. The Hall–Kier alpha value is -1.36. The van der Waals surface area contributed by atoms with E-state index < -0.39 is 10.0 Å². The van der Waals surface area contributed by atoms with Gasteiger partial charge in [-0.1, -0.05) is 35.9 Å². The lowest BCUT2D eigenvalue weighted by Crippen LogP contribution is -2.41. The van der Waals surface area contributed by atoms with Crippen LogP contribution in [0.1, 0.15) is 24.0 Å². The summed E-state index contributed by atoms with van der Waals surface area (Å²) in [6, 6.07) is 14.9. The van der Waals surface area contributed by atoms with Crippen LogP contribution in [0.2, 0.25) is 5.02 Å². The lowest BCUT2D eigenvalue weighted by molar-refractivity contribution is 0.386. The first-order chi connectivity index (χ1) is 11.5. The van der Waals surface area contributed by atoms with E-state index in [0.717, 1.165) is 25.7 Å². The maximum atomic E-state index is 12.8. The average Bonchev–Trinajstić information content (AvgIpc) is 2.82. The van der Waals surface area contributed by atoms with Gasteiger partial charge < -0.3 is 0 Å². The third-order valence-electron chi connectivity index (χ3n) is 5.42. The van der Waals surface area contributed by atoms with E-state index in [4.69, 9.17) is 11.6 Å². The zero-order chi connectivity index (χ0) is 16.7. The second kappa shape index (κ2) is 6.17. The molecule has 2 bridgehead atoms. The van der Waals surface area contributed by atoms with Crippen LogP contribution in [-0.4, -0.2) is 14.5 Å². The molecule has 2 aliphatic carbocycles. The monoisotopic (exact) mass is 361 g/mol. The summed E-state index contributed by atoms with van der Waals surface area (Å²) in [5.41, 5.74) is 2.75. The van der Waals surface area contributed by atoms with Crippen molar-refractivity contribution in [3.63, 3.8) is 0 Å². The van der Waals surface area contributed by atoms with Crippen LogP contribution in [0.15, 0.2) is 53.4 Å². The highest BCUT2D eigenvalue weighted by atomic mass is 35.5. The van der Waals surface area contributed by atoms with Crippen LogP contribution in [0.25, 0.3) is 0 Å². The molecule has 1 fully saturated rings. The normalized spacial score (nSPS) is 26.0. The predicted octanol–water partition coefficient (Wildman–Crippen LogP) is 3.81. The Kier molecular flexibility index (Phi) is 4.15. The van der Waals surface area contributed by atoms with Crippen LogP contribution < -0.4 is 4.72 Å². The minimum atomic E-state index is -3.51. The zero-order valence-electron chi connectivity index (χ0n) is 13.3. The SMILES string of the molecule is O=S(=O)(NC1[C@@H]2CC[C@H]1Cc1ccccc1C2)c1ccc(Cl)cc1. The lowest BCUT2D eigenvalue weighted by Gasteiger charge is -2.23. The number of rotatable bonds is 3. The number of nitrogens with one attached hydrogen (secondary N) is 1. The first kappa shape index (κ1) is 16.1. The first-order valence-electron chi connectivity index (χ1n) is 8.37. The minimum absolute atomic E-state index is 0.0121.